The molecule has 0 unspecified atom stereocenters. The van der Waals surface area contributed by atoms with Gasteiger partial charge in [0.25, 0.3) is 5.91 Å². The Morgan fingerprint density at radius 3 is 2.60 bits per heavy atom. The summed E-state index contributed by atoms with van der Waals surface area (Å²) in [7, 11) is 0. The van der Waals surface area contributed by atoms with E-state index in [0.29, 0.717) is 17.2 Å². The standard InChI is InChI=1S/C22H20FN5O2/c1-14-3-4-16(11-15(14)2)19-9-10-20-25-26-21(28(20)27-19)12-24-22(29)13-30-18-7-5-17(23)6-8-18/h3-11H,12-13H2,1-2H3,(H,24,29). The molecule has 0 spiro atoms. The second-order valence-corrected chi connectivity index (χ2v) is 6.92. The van der Waals surface area contributed by atoms with Crippen molar-refractivity contribution in [3.8, 4) is 17.0 Å². The lowest BCUT2D eigenvalue weighted by Crippen LogP contribution is -2.29. The molecule has 1 amide bonds. The number of carbonyl (C=O) groups excluding carboxylic acids is 1. The van der Waals surface area contributed by atoms with Crippen LogP contribution in [0.25, 0.3) is 16.9 Å². The quantitative estimate of drug-likeness (QED) is 0.533. The normalized spacial score (nSPS) is 10.9. The maximum atomic E-state index is 12.9. The first-order valence-electron chi connectivity index (χ1n) is 9.43. The molecule has 0 fully saturated rings. The molecule has 2 heterocycles. The highest BCUT2D eigenvalue weighted by molar-refractivity contribution is 5.77. The first-order valence-corrected chi connectivity index (χ1v) is 9.43. The third kappa shape index (κ3) is 4.27. The lowest BCUT2D eigenvalue weighted by molar-refractivity contribution is -0.123. The summed E-state index contributed by atoms with van der Waals surface area (Å²) in [5.74, 6) is 0.226. The van der Waals surface area contributed by atoms with Gasteiger partial charge in [-0.15, -0.1) is 10.2 Å². The number of fused-ring (bicyclic) bond motifs is 1. The number of nitrogens with one attached hydrogen (secondary N) is 1. The monoisotopic (exact) mass is 405 g/mol. The van der Waals surface area contributed by atoms with Crippen molar-refractivity contribution in [1.82, 2.24) is 25.1 Å². The highest BCUT2D eigenvalue weighted by Gasteiger charge is 2.11. The second-order valence-electron chi connectivity index (χ2n) is 6.92. The Morgan fingerprint density at radius 1 is 1.03 bits per heavy atom. The zero-order chi connectivity index (χ0) is 21.1. The van der Waals surface area contributed by atoms with E-state index in [9.17, 15) is 9.18 Å². The third-order valence-electron chi connectivity index (χ3n) is 4.76. The summed E-state index contributed by atoms with van der Waals surface area (Å²) in [6.45, 7) is 4.08. The lowest BCUT2D eigenvalue weighted by Gasteiger charge is -2.08. The van der Waals surface area contributed by atoms with E-state index in [4.69, 9.17) is 4.74 Å². The Kier molecular flexibility index (Phi) is 5.38. The van der Waals surface area contributed by atoms with Crippen LogP contribution in [0.2, 0.25) is 0 Å². The van der Waals surface area contributed by atoms with Gasteiger partial charge < -0.3 is 10.1 Å². The molecule has 7 nitrogen and oxygen atoms in total. The molecule has 0 radical (unpaired) electrons. The Bertz CT molecular complexity index is 1200. The fraction of sp³-hybridized carbons (Fsp3) is 0.182. The van der Waals surface area contributed by atoms with Crippen LogP contribution >= 0.6 is 0 Å². The van der Waals surface area contributed by atoms with Gasteiger partial charge in [0.2, 0.25) is 0 Å². The van der Waals surface area contributed by atoms with E-state index in [1.54, 1.807) is 4.52 Å². The molecule has 30 heavy (non-hydrogen) atoms. The first-order chi connectivity index (χ1) is 14.5. The van der Waals surface area contributed by atoms with Gasteiger partial charge in [0.05, 0.1) is 12.2 Å². The predicted octanol–water partition coefficient (Wildman–Crippen LogP) is 3.24. The molecule has 0 atom stereocenters. The molecular formula is C22H20FN5O2. The van der Waals surface area contributed by atoms with Gasteiger partial charge in [-0.2, -0.15) is 9.61 Å². The van der Waals surface area contributed by atoms with Gasteiger partial charge in [-0.1, -0.05) is 12.1 Å². The number of rotatable bonds is 6. The van der Waals surface area contributed by atoms with E-state index < -0.39 is 0 Å². The summed E-state index contributed by atoms with van der Waals surface area (Å²) in [5, 5.41) is 15.6. The zero-order valence-corrected chi connectivity index (χ0v) is 16.6. The number of aromatic nitrogens is 4. The minimum absolute atomic E-state index is 0.149. The highest BCUT2D eigenvalue weighted by atomic mass is 19.1. The van der Waals surface area contributed by atoms with E-state index in [0.717, 1.165) is 11.3 Å². The summed E-state index contributed by atoms with van der Waals surface area (Å²) >= 11 is 0. The molecule has 0 aliphatic heterocycles. The van der Waals surface area contributed by atoms with Gasteiger partial charge in [0, 0.05) is 5.56 Å². The Balaban J connectivity index is 1.44. The zero-order valence-electron chi connectivity index (χ0n) is 16.6. The van der Waals surface area contributed by atoms with Crippen LogP contribution in [-0.2, 0) is 11.3 Å². The minimum Gasteiger partial charge on any atom is -0.484 e. The predicted molar refractivity (Wildman–Crippen MR) is 109 cm³/mol. The molecule has 2 aromatic heterocycles. The third-order valence-corrected chi connectivity index (χ3v) is 4.76. The molecule has 0 aliphatic carbocycles. The van der Waals surface area contributed by atoms with Crippen molar-refractivity contribution in [3.05, 3.63) is 77.4 Å². The number of hydrogen-bond acceptors (Lipinski definition) is 5. The van der Waals surface area contributed by atoms with Crippen LogP contribution in [0.15, 0.2) is 54.6 Å². The first kappa shape index (κ1) is 19.5. The van der Waals surface area contributed by atoms with E-state index in [-0.39, 0.29) is 24.9 Å². The van der Waals surface area contributed by atoms with Crippen LogP contribution in [0.5, 0.6) is 5.75 Å². The summed E-state index contributed by atoms with van der Waals surface area (Å²) in [6.07, 6.45) is 0. The van der Waals surface area contributed by atoms with Crippen LogP contribution in [0.4, 0.5) is 4.39 Å². The molecular weight excluding hydrogens is 385 g/mol. The molecule has 2 aromatic carbocycles. The number of benzene rings is 2. The minimum atomic E-state index is -0.363. The van der Waals surface area contributed by atoms with Crippen molar-refractivity contribution in [2.24, 2.45) is 0 Å². The number of nitrogens with zero attached hydrogens (tertiary/aromatic N) is 4. The van der Waals surface area contributed by atoms with Gasteiger partial charge in [0.15, 0.2) is 18.1 Å². The Labute approximate surface area is 172 Å². The van der Waals surface area contributed by atoms with Crippen molar-refractivity contribution in [3.63, 3.8) is 0 Å². The van der Waals surface area contributed by atoms with Crippen molar-refractivity contribution >= 4 is 11.6 Å². The van der Waals surface area contributed by atoms with Crippen LogP contribution in [0.1, 0.15) is 17.0 Å². The van der Waals surface area contributed by atoms with Gasteiger partial charge in [0.1, 0.15) is 11.6 Å². The summed E-state index contributed by atoms with van der Waals surface area (Å²) in [5.41, 5.74) is 4.78. The van der Waals surface area contributed by atoms with Crippen molar-refractivity contribution in [2.45, 2.75) is 20.4 Å². The van der Waals surface area contributed by atoms with Gasteiger partial charge >= 0.3 is 0 Å². The van der Waals surface area contributed by atoms with Gasteiger partial charge in [-0.25, -0.2) is 4.39 Å². The van der Waals surface area contributed by atoms with Gasteiger partial charge in [-0.3, -0.25) is 4.79 Å². The molecule has 0 bridgehead atoms. The van der Waals surface area contributed by atoms with Crippen LogP contribution in [-0.4, -0.2) is 32.3 Å². The second kappa shape index (κ2) is 8.28. The average molecular weight is 405 g/mol. The smallest absolute Gasteiger partial charge is 0.258 e. The lowest BCUT2D eigenvalue weighted by atomic mass is 10.0. The van der Waals surface area contributed by atoms with E-state index in [1.807, 2.05) is 18.2 Å². The van der Waals surface area contributed by atoms with E-state index in [1.165, 1.54) is 35.4 Å². The van der Waals surface area contributed by atoms with Crippen LogP contribution < -0.4 is 10.1 Å². The maximum Gasteiger partial charge on any atom is 0.258 e. The van der Waals surface area contributed by atoms with Crippen LogP contribution in [0, 0.1) is 19.7 Å². The summed E-state index contributed by atoms with van der Waals surface area (Å²) in [6, 6.07) is 15.4. The largest absolute Gasteiger partial charge is 0.484 e. The fourth-order valence-corrected chi connectivity index (χ4v) is 2.91. The fourth-order valence-electron chi connectivity index (χ4n) is 2.91. The molecule has 4 aromatic rings. The number of hydrogen-bond donors (Lipinski definition) is 1. The summed E-state index contributed by atoms with van der Waals surface area (Å²) < 4.78 is 19.9. The van der Waals surface area contributed by atoms with Gasteiger partial charge in [-0.05, 0) is 67.4 Å². The average Bonchev–Trinajstić information content (AvgIpc) is 3.16. The van der Waals surface area contributed by atoms with Crippen LogP contribution in [0.3, 0.4) is 0 Å². The van der Waals surface area contributed by atoms with Crippen molar-refractivity contribution < 1.29 is 13.9 Å². The number of aryl methyl sites for hydroxylation is 2. The highest BCUT2D eigenvalue weighted by Crippen LogP contribution is 2.20. The molecule has 4 rings (SSSR count). The topological polar surface area (TPSA) is 81.4 Å². The molecule has 0 aliphatic rings. The Hall–Kier alpha value is -3.81. The summed E-state index contributed by atoms with van der Waals surface area (Å²) in [4.78, 5) is 12.1. The number of carbonyl (C=O) groups is 1. The number of amides is 1. The molecule has 0 saturated carbocycles. The van der Waals surface area contributed by atoms with Crippen molar-refractivity contribution in [2.75, 3.05) is 6.61 Å². The SMILES string of the molecule is Cc1ccc(-c2ccc3nnc(CNC(=O)COc4ccc(F)cc4)n3n2)cc1C. The molecule has 1 N–H and O–H groups in total. The van der Waals surface area contributed by atoms with E-state index >= 15 is 0 Å². The molecule has 0 saturated heterocycles. The maximum absolute atomic E-state index is 12.9. The van der Waals surface area contributed by atoms with E-state index in [2.05, 4.69) is 46.6 Å². The molecule has 152 valence electrons. The number of ether oxygens (including phenoxy) is 1. The molecule has 8 heteroatoms. The number of halogens is 1. The van der Waals surface area contributed by atoms with Crippen molar-refractivity contribution in [1.29, 1.82) is 0 Å². The Morgan fingerprint density at radius 2 is 1.83 bits per heavy atom.